The predicted octanol–water partition coefficient (Wildman–Crippen LogP) is 3.46. The molecule has 0 heterocycles. The van der Waals surface area contributed by atoms with Crippen molar-refractivity contribution in [3.8, 4) is 11.5 Å². The summed E-state index contributed by atoms with van der Waals surface area (Å²) >= 11 is 0. The first-order chi connectivity index (χ1) is 11.8. The van der Waals surface area contributed by atoms with E-state index >= 15 is 0 Å². The molecule has 25 heavy (non-hydrogen) atoms. The van der Waals surface area contributed by atoms with Crippen molar-refractivity contribution in [3.63, 3.8) is 0 Å². The van der Waals surface area contributed by atoms with Gasteiger partial charge in [0.15, 0.2) is 0 Å². The zero-order valence-corrected chi connectivity index (χ0v) is 15.0. The Morgan fingerprint density at radius 2 is 1.76 bits per heavy atom. The van der Waals surface area contributed by atoms with E-state index in [9.17, 15) is 18.3 Å². The Morgan fingerprint density at radius 1 is 1.12 bits per heavy atom. The molecule has 0 unspecified atom stereocenters. The van der Waals surface area contributed by atoms with Crippen LogP contribution < -0.4 is 9.88 Å². The van der Waals surface area contributed by atoms with Crippen molar-refractivity contribution < 1.29 is 23.1 Å². The number of fused-ring (bicyclic) bond motifs is 1. The zero-order valence-electron chi connectivity index (χ0n) is 14.2. The molecule has 2 aromatic carbocycles. The summed E-state index contributed by atoms with van der Waals surface area (Å²) in [6, 6.07) is 7.64. The van der Waals surface area contributed by atoms with Gasteiger partial charge in [-0.15, -0.1) is 0 Å². The summed E-state index contributed by atoms with van der Waals surface area (Å²) in [5.41, 5.74) is 0. The van der Waals surface area contributed by atoms with Crippen molar-refractivity contribution in [2.24, 2.45) is 5.14 Å². The first kappa shape index (κ1) is 19.2. The van der Waals surface area contributed by atoms with Crippen LogP contribution in [0, 0.1) is 0 Å². The van der Waals surface area contributed by atoms with Gasteiger partial charge in [-0.05, 0) is 6.42 Å². The number of phenolic OH excluding ortho intramolecular Hbond substituents is 1. The molecule has 0 amide bonds. The van der Waals surface area contributed by atoms with Crippen molar-refractivity contribution in [2.45, 2.75) is 50.3 Å². The predicted molar refractivity (Wildman–Crippen MR) is 96.0 cm³/mol. The molecule has 3 N–H and O–H groups in total. The second-order valence-corrected chi connectivity index (χ2v) is 7.48. The van der Waals surface area contributed by atoms with E-state index in [-0.39, 0.29) is 17.6 Å². The normalized spacial score (nSPS) is 11.6. The number of nitrogens with two attached hydrogens (primary N) is 1. The number of esters is 1. The third-order valence-corrected chi connectivity index (χ3v) is 4.88. The lowest BCUT2D eigenvalue weighted by atomic mass is 10.1. The smallest absolute Gasteiger partial charge is 0.311 e. The highest BCUT2D eigenvalue weighted by atomic mass is 32.2. The second kappa shape index (κ2) is 8.31. The molecule has 0 aliphatic rings. The topological polar surface area (TPSA) is 107 Å². The van der Waals surface area contributed by atoms with Gasteiger partial charge in [-0.2, -0.15) is 0 Å². The molecule has 0 atom stereocenters. The number of ether oxygens (including phenoxy) is 1. The lowest BCUT2D eigenvalue weighted by molar-refractivity contribution is -0.134. The summed E-state index contributed by atoms with van der Waals surface area (Å²) < 4.78 is 28.7. The number of rotatable bonds is 8. The summed E-state index contributed by atoms with van der Waals surface area (Å²) in [6.07, 6.45) is 5.25. The van der Waals surface area contributed by atoms with Crippen LogP contribution in [0.1, 0.15) is 45.4 Å². The van der Waals surface area contributed by atoms with E-state index in [0.29, 0.717) is 5.39 Å². The molecule has 2 aromatic rings. The number of carbonyl (C=O) groups excluding carboxylic acids is 1. The lowest BCUT2D eigenvalue weighted by Crippen LogP contribution is -2.14. The number of benzene rings is 2. The van der Waals surface area contributed by atoms with Crippen molar-refractivity contribution in [1.29, 1.82) is 0 Å². The summed E-state index contributed by atoms with van der Waals surface area (Å²) in [4.78, 5) is 11.6. The van der Waals surface area contributed by atoms with Crippen molar-refractivity contribution in [2.75, 3.05) is 0 Å². The van der Waals surface area contributed by atoms with Crippen LogP contribution in [0.25, 0.3) is 10.8 Å². The molecule has 7 heteroatoms. The molecule has 0 aromatic heterocycles. The molecule has 0 bridgehead atoms. The van der Waals surface area contributed by atoms with Crippen LogP contribution in [0.3, 0.4) is 0 Å². The van der Waals surface area contributed by atoms with E-state index < -0.39 is 26.6 Å². The fourth-order valence-electron chi connectivity index (χ4n) is 2.65. The van der Waals surface area contributed by atoms with E-state index in [1.165, 1.54) is 0 Å². The molecule has 2 rings (SSSR count). The van der Waals surface area contributed by atoms with Crippen LogP contribution in [-0.4, -0.2) is 19.5 Å². The van der Waals surface area contributed by atoms with E-state index in [2.05, 4.69) is 6.92 Å². The fraction of sp³-hybridized carbons (Fsp3) is 0.389. The lowest BCUT2D eigenvalue weighted by Gasteiger charge is -2.12. The third-order valence-electron chi connectivity index (χ3n) is 3.96. The van der Waals surface area contributed by atoms with Gasteiger partial charge < -0.3 is 9.84 Å². The van der Waals surface area contributed by atoms with Crippen molar-refractivity contribution in [1.82, 2.24) is 0 Å². The minimum Gasteiger partial charge on any atom is -0.506 e. The van der Waals surface area contributed by atoms with Gasteiger partial charge in [0.25, 0.3) is 0 Å². The quantitative estimate of drug-likeness (QED) is 0.423. The molecule has 0 radical (unpaired) electrons. The molecular formula is C18H23NO5S. The molecule has 0 fully saturated rings. The number of primary sulfonamides is 1. The van der Waals surface area contributed by atoms with Gasteiger partial charge in [0.05, 0.1) is 0 Å². The minimum absolute atomic E-state index is 0.0796. The summed E-state index contributed by atoms with van der Waals surface area (Å²) in [5.74, 6) is -0.804. The molecule has 0 saturated carbocycles. The van der Waals surface area contributed by atoms with Crippen LogP contribution in [0.15, 0.2) is 35.2 Å². The van der Waals surface area contributed by atoms with Gasteiger partial charge in [-0.3, -0.25) is 4.79 Å². The Labute approximate surface area is 147 Å². The molecule has 0 aliphatic carbocycles. The molecule has 6 nitrogen and oxygen atoms in total. The monoisotopic (exact) mass is 365 g/mol. The van der Waals surface area contributed by atoms with E-state index in [4.69, 9.17) is 9.88 Å². The summed E-state index contributed by atoms with van der Waals surface area (Å²) in [7, 11) is -4.15. The number of aromatic hydroxyl groups is 1. The first-order valence-electron chi connectivity index (χ1n) is 8.32. The van der Waals surface area contributed by atoms with E-state index in [0.717, 1.165) is 38.2 Å². The standard InChI is InChI=1S/C18H23NO5S/c1-2-3-4-5-6-11-17(20)24-15-12-16(25(19,22)23)18(21)14-10-8-7-9-13(14)15/h7-10,12,21H,2-6,11H2,1H3,(H2,19,22,23). The molecule has 136 valence electrons. The Hall–Kier alpha value is -2.12. The maximum atomic E-state index is 12.1. The highest BCUT2D eigenvalue weighted by Gasteiger charge is 2.21. The largest absolute Gasteiger partial charge is 0.506 e. The van der Waals surface area contributed by atoms with E-state index in [1.807, 2.05) is 0 Å². The van der Waals surface area contributed by atoms with Gasteiger partial charge in [0.1, 0.15) is 16.4 Å². The number of hydrogen-bond acceptors (Lipinski definition) is 5. The van der Waals surface area contributed by atoms with Crippen LogP contribution in [0.2, 0.25) is 0 Å². The molecule has 0 spiro atoms. The van der Waals surface area contributed by atoms with Crippen LogP contribution >= 0.6 is 0 Å². The highest BCUT2D eigenvalue weighted by molar-refractivity contribution is 7.89. The Balaban J connectivity index is 2.25. The molecule has 0 aliphatic heterocycles. The van der Waals surface area contributed by atoms with Gasteiger partial charge in [-0.25, -0.2) is 13.6 Å². The van der Waals surface area contributed by atoms with Gasteiger partial charge >= 0.3 is 5.97 Å². The Kier molecular flexibility index (Phi) is 6.39. The number of phenols is 1. The van der Waals surface area contributed by atoms with Gasteiger partial charge in [0.2, 0.25) is 10.0 Å². The summed E-state index contributed by atoms with van der Waals surface area (Å²) in [5, 5.41) is 16.0. The van der Waals surface area contributed by atoms with Crippen LogP contribution in [-0.2, 0) is 14.8 Å². The Bertz CT molecular complexity index is 861. The van der Waals surface area contributed by atoms with E-state index in [1.54, 1.807) is 24.3 Å². The average molecular weight is 365 g/mol. The maximum absolute atomic E-state index is 12.1. The van der Waals surface area contributed by atoms with Gasteiger partial charge in [0, 0.05) is 23.3 Å². The number of hydrogen-bond donors (Lipinski definition) is 2. The molecule has 0 saturated heterocycles. The number of carbonyl (C=O) groups is 1. The fourth-order valence-corrected chi connectivity index (χ4v) is 3.30. The zero-order chi connectivity index (χ0) is 18.4. The second-order valence-electron chi connectivity index (χ2n) is 5.95. The first-order valence-corrected chi connectivity index (χ1v) is 9.87. The number of unbranched alkanes of at least 4 members (excludes halogenated alkanes) is 4. The van der Waals surface area contributed by atoms with Crippen LogP contribution in [0.4, 0.5) is 0 Å². The van der Waals surface area contributed by atoms with Gasteiger partial charge in [-0.1, -0.05) is 56.9 Å². The third kappa shape index (κ3) is 4.93. The number of sulfonamides is 1. The van der Waals surface area contributed by atoms with Crippen molar-refractivity contribution >= 4 is 26.8 Å². The van der Waals surface area contributed by atoms with Crippen molar-refractivity contribution in [3.05, 3.63) is 30.3 Å². The maximum Gasteiger partial charge on any atom is 0.311 e. The minimum atomic E-state index is -4.15. The SMILES string of the molecule is CCCCCCCC(=O)Oc1cc(S(N)(=O)=O)c(O)c2ccccc12. The average Bonchev–Trinajstić information content (AvgIpc) is 2.56. The summed E-state index contributed by atoms with van der Waals surface area (Å²) in [6.45, 7) is 2.12. The Morgan fingerprint density at radius 3 is 2.40 bits per heavy atom. The highest BCUT2D eigenvalue weighted by Crippen LogP contribution is 2.38. The molecular weight excluding hydrogens is 342 g/mol. The van der Waals surface area contributed by atoms with Crippen LogP contribution in [0.5, 0.6) is 11.5 Å².